The SMILES string of the molecule is Cc1nccc(C2CNC2)n1.O=C1CCC(N2Cc3cc(OC4CCCCC4)ccc3C2=O)C(=O)N1. The van der Waals surface area contributed by atoms with Gasteiger partial charge in [-0.2, -0.15) is 0 Å². The number of carbonyl (C=O) groups excluding carboxylic acids is 3. The molecular weight excluding hydrogens is 458 g/mol. The average molecular weight is 492 g/mol. The number of hydrogen-bond donors (Lipinski definition) is 2. The fraction of sp³-hybridized carbons (Fsp3) is 0.519. The lowest BCUT2D eigenvalue weighted by Gasteiger charge is -2.29. The van der Waals surface area contributed by atoms with E-state index in [1.807, 2.05) is 31.3 Å². The topological polar surface area (TPSA) is 114 Å². The molecule has 1 aliphatic carbocycles. The van der Waals surface area contributed by atoms with Crippen LogP contribution in [-0.2, 0) is 16.1 Å². The molecule has 190 valence electrons. The van der Waals surface area contributed by atoms with Gasteiger partial charge in [0.2, 0.25) is 11.8 Å². The molecule has 2 saturated heterocycles. The van der Waals surface area contributed by atoms with Gasteiger partial charge in [-0.05, 0) is 68.9 Å². The molecule has 0 spiro atoms. The van der Waals surface area contributed by atoms with Crippen LogP contribution in [0, 0.1) is 6.92 Å². The number of ether oxygens (including phenoxy) is 1. The number of imide groups is 1. The summed E-state index contributed by atoms with van der Waals surface area (Å²) in [6.45, 7) is 4.45. The number of rotatable bonds is 4. The van der Waals surface area contributed by atoms with Gasteiger partial charge in [0.25, 0.3) is 5.91 Å². The Balaban J connectivity index is 0.000000202. The third kappa shape index (κ3) is 5.41. The van der Waals surface area contributed by atoms with Gasteiger partial charge in [-0.3, -0.25) is 19.7 Å². The quantitative estimate of drug-likeness (QED) is 0.632. The molecule has 2 N–H and O–H groups in total. The first-order valence-corrected chi connectivity index (χ1v) is 12.9. The molecule has 0 radical (unpaired) electrons. The minimum atomic E-state index is -0.569. The predicted molar refractivity (Wildman–Crippen MR) is 132 cm³/mol. The van der Waals surface area contributed by atoms with E-state index in [1.54, 1.807) is 11.0 Å². The molecule has 1 unspecified atom stereocenters. The summed E-state index contributed by atoms with van der Waals surface area (Å²) in [6.07, 6.45) is 8.60. The number of aromatic nitrogens is 2. The number of nitrogens with zero attached hydrogens (tertiary/aromatic N) is 3. The van der Waals surface area contributed by atoms with Gasteiger partial charge in [0.1, 0.15) is 17.6 Å². The Hall–Kier alpha value is -3.33. The Morgan fingerprint density at radius 3 is 2.53 bits per heavy atom. The first-order valence-electron chi connectivity index (χ1n) is 12.9. The molecule has 1 aromatic carbocycles. The monoisotopic (exact) mass is 491 g/mol. The second kappa shape index (κ2) is 10.7. The van der Waals surface area contributed by atoms with Crippen molar-refractivity contribution in [1.29, 1.82) is 0 Å². The van der Waals surface area contributed by atoms with E-state index >= 15 is 0 Å². The number of carbonyl (C=O) groups is 3. The van der Waals surface area contributed by atoms with E-state index in [4.69, 9.17) is 4.74 Å². The highest BCUT2D eigenvalue weighted by Gasteiger charge is 2.39. The number of amides is 3. The first-order chi connectivity index (χ1) is 17.5. The van der Waals surface area contributed by atoms with Crippen molar-refractivity contribution in [2.24, 2.45) is 0 Å². The van der Waals surface area contributed by atoms with Gasteiger partial charge in [-0.1, -0.05) is 6.42 Å². The molecule has 1 atom stereocenters. The zero-order chi connectivity index (χ0) is 25.1. The van der Waals surface area contributed by atoms with Crippen LogP contribution in [-0.4, -0.2) is 57.8 Å². The van der Waals surface area contributed by atoms with Crippen LogP contribution in [0.1, 0.15) is 78.3 Å². The molecule has 1 saturated carbocycles. The van der Waals surface area contributed by atoms with Crippen molar-refractivity contribution in [3.05, 3.63) is 53.1 Å². The van der Waals surface area contributed by atoms with Crippen LogP contribution in [0.25, 0.3) is 0 Å². The molecule has 36 heavy (non-hydrogen) atoms. The molecule has 9 heteroatoms. The van der Waals surface area contributed by atoms with E-state index < -0.39 is 6.04 Å². The molecule has 3 amide bonds. The van der Waals surface area contributed by atoms with Crippen molar-refractivity contribution in [3.8, 4) is 5.75 Å². The number of hydrogen-bond acceptors (Lipinski definition) is 7. The summed E-state index contributed by atoms with van der Waals surface area (Å²) in [5, 5.41) is 5.54. The maximum absolute atomic E-state index is 12.6. The minimum absolute atomic E-state index is 0.145. The smallest absolute Gasteiger partial charge is 0.255 e. The van der Waals surface area contributed by atoms with Crippen molar-refractivity contribution >= 4 is 17.7 Å². The van der Waals surface area contributed by atoms with Gasteiger partial charge in [0, 0.05) is 49.4 Å². The van der Waals surface area contributed by atoms with Crippen LogP contribution in [0.2, 0.25) is 0 Å². The van der Waals surface area contributed by atoms with E-state index in [2.05, 4.69) is 20.6 Å². The summed E-state index contributed by atoms with van der Waals surface area (Å²) in [4.78, 5) is 46.0. The molecule has 4 heterocycles. The van der Waals surface area contributed by atoms with Crippen LogP contribution >= 0.6 is 0 Å². The fourth-order valence-corrected chi connectivity index (χ4v) is 5.20. The van der Waals surface area contributed by atoms with E-state index in [0.717, 1.165) is 43.1 Å². The third-order valence-electron chi connectivity index (χ3n) is 7.35. The van der Waals surface area contributed by atoms with Crippen LogP contribution in [0.4, 0.5) is 0 Å². The Morgan fingerprint density at radius 2 is 1.83 bits per heavy atom. The van der Waals surface area contributed by atoms with Gasteiger partial charge in [0.15, 0.2) is 0 Å². The first kappa shape index (κ1) is 24.4. The fourth-order valence-electron chi connectivity index (χ4n) is 5.20. The molecule has 1 aromatic heterocycles. The third-order valence-corrected chi connectivity index (χ3v) is 7.35. The number of piperidine rings is 1. The number of nitrogens with one attached hydrogen (secondary N) is 2. The summed E-state index contributed by atoms with van der Waals surface area (Å²) in [7, 11) is 0. The molecule has 9 nitrogen and oxygen atoms in total. The maximum Gasteiger partial charge on any atom is 0.255 e. The standard InChI is InChI=1S/C19H22N2O4.C8H11N3/c22-17-9-8-16(18(23)20-17)21-11-12-10-14(6-7-15(12)19(21)24)25-13-4-2-1-3-5-13;1-6-10-3-2-8(11-6)7-4-9-5-7/h6-7,10,13,16H,1-5,8-9,11H2,(H,20,22,23);2-3,7,9H,4-5H2,1H3. The predicted octanol–water partition coefficient (Wildman–Crippen LogP) is 2.63. The van der Waals surface area contributed by atoms with E-state index in [0.29, 0.717) is 24.4 Å². The summed E-state index contributed by atoms with van der Waals surface area (Å²) < 4.78 is 6.08. The van der Waals surface area contributed by atoms with Crippen LogP contribution in [0.15, 0.2) is 30.5 Å². The zero-order valence-electron chi connectivity index (χ0n) is 20.7. The molecule has 6 rings (SSSR count). The number of benzene rings is 1. The molecule has 2 aromatic rings. The van der Waals surface area contributed by atoms with Crippen molar-refractivity contribution in [3.63, 3.8) is 0 Å². The van der Waals surface area contributed by atoms with Gasteiger partial charge >= 0.3 is 0 Å². The van der Waals surface area contributed by atoms with E-state index in [9.17, 15) is 14.4 Å². The normalized spacial score (nSPS) is 22.3. The Bertz CT molecular complexity index is 1140. The highest BCUT2D eigenvalue weighted by molar-refractivity contribution is 6.05. The van der Waals surface area contributed by atoms with Crippen molar-refractivity contribution in [2.45, 2.75) is 76.5 Å². The van der Waals surface area contributed by atoms with Crippen molar-refractivity contribution in [2.75, 3.05) is 13.1 Å². The van der Waals surface area contributed by atoms with Crippen molar-refractivity contribution < 1.29 is 19.1 Å². The second-order valence-electron chi connectivity index (χ2n) is 9.98. The summed E-state index contributed by atoms with van der Waals surface area (Å²) >= 11 is 0. The molecule has 3 aliphatic heterocycles. The van der Waals surface area contributed by atoms with Gasteiger partial charge in [-0.15, -0.1) is 0 Å². The Kier molecular flexibility index (Phi) is 7.27. The molecule has 3 fully saturated rings. The Morgan fingerprint density at radius 1 is 1.03 bits per heavy atom. The van der Waals surface area contributed by atoms with Crippen molar-refractivity contribution in [1.82, 2.24) is 25.5 Å². The van der Waals surface area contributed by atoms with E-state index in [1.165, 1.54) is 25.0 Å². The van der Waals surface area contributed by atoms with Gasteiger partial charge in [0.05, 0.1) is 6.10 Å². The van der Waals surface area contributed by atoms with Crippen LogP contribution < -0.4 is 15.4 Å². The maximum atomic E-state index is 12.6. The average Bonchev–Trinajstić information content (AvgIpc) is 3.15. The lowest BCUT2D eigenvalue weighted by Crippen LogP contribution is -2.52. The molecular formula is C27H33N5O4. The van der Waals surface area contributed by atoms with Crippen LogP contribution in [0.3, 0.4) is 0 Å². The lowest BCUT2D eigenvalue weighted by molar-refractivity contribution is -0.136. The summed E-state index contributed by atoms with van der Waals surface area (Å²) in [5.41, 5.74) is 2.69. The van der Waals surface area contributed by atoms with E-state index in [-0.39, 0.29) is 30.2 Å². The summed E-state index contributed by atoms with van der Waals surface area (Å²) in [5.74, 6) is 1.49. The van der Waals surface area contributed by atoms with Crippen LogP contribution in [0.5, 0.6) is 5.75 Å². The zero-order valence-corrected chi connectivity index (χ0v) is 20.7. The summed E-state index contributed by atoms with van der Waals surface area (Å²) in [6, 6.07) is 6.99. The largest absolute Gasteiger partial charge is 0.490 e. The van der Waals surface area contributed by atoms with Gasteiger partial charge in [-0.25, -0.2) is 9.97 Å². The second-order valence-corrected chi connectivity index (χ2v) is 9.98. The Labute approximate surface area is 211 Å². The highest BCUT2D eigenvalue weighted by atomic mass is 16.5. The molecule has 4 aliphatic rings. The number of fused-ring (bicyclic) bond motifs is 1. The minimum Gasteiger partial charge on any atom is -0.490 e. The molecule has 0 bridgehead atoms. The number of aryl methyl sites for hydroxylation is 1. The van der Waals surface area contributed by atoms with Gasteiger partial charge < -0.3 is 15.0 Å². The lowest BCUT2D eigenvalue weighted by atomic mass is 9.98. The highest BCUT2D eigenvalue weighted by Crippen LogP contribution is 2.31.